The van der Waals surface area contributed by atoms with E-state index in [1.54, 1.807) is 0 Å². The molecule has 0 fully saturated rings. The highest BCUT2D eigenvalue weighted by atomic mass is 15.1. The highest BCUT2D eigenvalue weighted by Gasteiger charge is 2.25. The van der Waals surface area contributed by atoms with Crippen LogP contribution >= 0.6 is 0 Å². The van der Waals surface area contributed by atoms with Gasteiger partial charge in [-0.25, -0.2) is 15.0 Å². The Kier molecular flexibility index (Phi) is 1.13. The summed E-state index contributed by atoms with van der Waals surface area (Å²) >= 11 is 0. The Morgan fingerprint density at radius 1 is 1.36 bits per heavy atom. The van der Waals surface area contributed by atoms with Crippen LogP contribution in [0.4, 0.5) is 0 Å². The first kappa shape index (κ1) is 5.92. The summed E-state index contributed by atoms with van der Waals surface area (Å²) in [6.45, 7) is 0. The molecule has 0 radical (unpaired) electrons. The number of nitrogens with zero attached hydrogens (tertiary/aromatic N) is 5. The van der Waals surface area contributed by atoms with Crippen LogP contribution in [0.2, 0.25) is 0 Å². The molecule has 0 aliphatic carbocycles. The van der Waals surface area contributed by atoms with Crippen molar-refractivity contribution in [1.82, 2.24) is 0 Å². The zero-order chi connectivity index (χ0) is 7.68. The summed E-state index contributed by atoms with van der Waals surface area (Å²) in [6, 6.07) is 1.60. The number of nitriles is 1. The molecule has 0 aromatic rings. The number of amidine groups is 1. The van der Waals surface area contributed by atoms with Gasteiger partial charge < -0.3 is 0 Å². The second-order valence-electron chi connectivity index (χ2n) is 2.03. The van der Waals surface area contributed by atoms with Crippen LogP contribution in [0.3, 0.4) is 0 Å². The SMILES string of the molecule is N#CC1=NC=NC2=NC=NC12. The monoisotopic (exact) mass is 145 g/mol. The van der Waals surface area contributed by atoms with E-state index in [1.807, 2.05) is 6.07 Å². The normalized spacial score (nSPS) is 25.5. The summed E-state index contributed by atoms with van der Waals surface area (Å²) in [5, 5.41) is 8.57. The zero-order valence-electron chi connectivity index (χ0n) is 5.47. The number of fused-ring (bicyclic) bond motifs is 1. The van der Waals surface area contributed by atoms with Crippen molar-refractivity contribution in [2.24, 2.45) is 20.0 Å². The first-order chi connectivity index (χ1) is 5.42. The van der Waals surface area contributed by atoms with Gasteiger partial charge in [0, 0.05) is 0 Å². The van der Waals surface area contributed by atoms with Crippen molar-refractivity contribution < 1.29 is 0 Å². The standard InChI is InChI=1S/C6H3N5/c7-1-4-5-6(10-2-8-4)11-3-9-5/h2-3,5H. The van der Waals surface area contributed by atoms with Crippen molar-refractivity contribution in [1.29, 1.82) is 5.26 Å². The molecule has 2 aliphatic rings. The summed E-state index contributed by atoms with van der Waals surface area (Å²) in [4.78, 5) is 15.4. The molecule has 0 spiro atoms. The van der Waals surface area contributed by atoms with Crippen LogP contribution in [-0.2, 0) is 0 Å². The molecule has 5 nitrogen and oxygen atoms in total. The van der Waals surface area contributed by atoms with Crippen molar-refractivity contribution in [2.75, 3.05) is 0 Å². The fourth-order valence-corrected chi connectivity index (χ4v) is 0.904. The molecule has 2 rings (SSSR count). The molecule has 1 atom stereocenters. The number of hydrogen-bond donors (Lipinski definition) is 0. The molecule has 2 aliphatic heterocycles. The van der Waals surface area contributed by atoms with Crippen LogP contribution in [0, 0.1) is 11.3 Å². The minimum atomic E-state index is -0.343. The van der Waals surface area contributed by atoms with Gasteiger partial charge >= 0.3 is 0 Å². The molecule has 0 N–H and O–H groups in total. The van der Waals surface area contributed by atoms with Gasteiger partial charge in [-0.1, -0.05) is 0 Å². The lowest BCUT2D eigenvalue weighted by Crippen LogP contribution is -2.26. The van der Waals surface area contributed by atoms with Gasteiger partial charge in [-0.15, -0.1) is 0 Å². The molecule has 11 heavy (non-hydrogen) atoms. The third-order valence-electron chi connectivity index (χ3n) is 1.41. The maximum absolute atomic E-state index is 8.57. The van der Waals surface area contributed by atoms with Crippen molar-refractivity contribution in [2.45, 2.75) is 6.04 Å². The lowest BCUT2D eigenvalue weighted by Gasteiger charge is -2.06. The minimum absolute atomic E-state index is 0.343. The van der Waals surface area contributed by atoms with E-state index in [2.05, 4.69) is 20.0 Å². The largest absolute Gasteiger partial charge is 0.255 e. The summed E-state index contributed by atoms with van der Waals surface area (Å²) < 4.78 is 0. The molecule has 0 saturated heterocycles. The molecular weight excluding hydrogens is 142 g/mol. The van der Waals surface area contributed by atoms with E-state index < -0.39 is 0 Å². The van der Waals surface area contributed by atoms with E-state index >= 15 is 0 Å². The van der Waals surface area contributed by atoms with Crippen LogP contribution in [0.15, 0.2) is 20.0 Å². The van der Waals surface area contributed by atoms with Gasteiger partial charge in [0.15, 0.2) is 17.6 Å². The van der Waals surface area contributed by atoms with Crippen LogP contribution in [0.5, 0.6) is 0 Å². The maximum atomic E-state index is 8.57. The molecule has 0 amide bonds. The maximum Gasteiger partial charge on any atom is 0.163 e. The minimum Gasteiger partial charge on any atom is -0.255 e. The quantitative estimate of drug-likeness (QED) is 0.465. The van der Waals surface area contributed by atoms with Gasteiger partial charge in [0.2, 0.25) is 0 Å². The van der Waals surface area contributed by atoms with Crippen LogP contribution in [0.1, 0.15) is 0 Å². The van der Waals surface area contributed by atoms with Crippen molar-refractivity contribution in [3.63, 3.8) is 0 Å². The predicted octanol–water partition coefficient (Wildman–Crippen LogP) is -0.198. The second kappa shape index (κ2) is 2.09. The Morgan fingerprint density at radius 2 is 2.27 bits per heavy atom. The van der Waals surface area contributed by atoms with E-state index in [4.69, 9.17) is 5.26 Å². The first-order valence-corrected chi connectivity index (χ1v) is 3.01. The molecular formula is C6H3N5. The predicted molar refractivity (Wildman–Crippen MR) is 41.3 cm³/mol. The van der Waals surface area contributed by atoms with Crippen LogP contribution in [0.25, 0.3) is 0 Å². The second-order valence-corrected chi connectivity index (χ2v) is 2.03. The Hall–Kier alpha value is -1.83. The molecule has 0 aromatic heterocycles. The Morgan fingerprint density at radius 3 is 3.09 bits per heavy atom. The van der Waals surface area contributed by atoms with E-state index in [0.29, 0.717) is 11.5 Å². The number of hydrogen-bond acceptors (Lipinski definition) is 5. The summed E-state index contributed by atoms with van der Waals surface area (Å²) in [5.74, 6) is 0.552. The number of rotatable bonds is 0. The van der Waals surface area contributed by atoms with E-state index in [-0.39, 0.29) is 6.04 Å². The molecule has 2 heterocycles. The van der Waals surface area contributed by atoms with Crippen molar-refractivity contribution in [3.05, 3.63) is 0 Å². The lowest BCUT2D eigenvalue weighted by atomic mass is 10.2. The summed E-state index contributed by atoms with van der Waals surface area (Å²) in [6.07, 6.45) is 2.72. The molecule has 1 unspecified atom stereocenters. The highest BCUT2D eigenvalue weighted by Crippen LogP contribution is 2.08. The Bertz CT molecular complexity index is 340. The van der Waals surface area contributed by atoms with Gasteiger partial charge in [0.25, 0.3) is 0 Å². The van der Waals surface area contributed by atoms with E-state index in [1.165, 1.54) is 12.7 Å². The summed E-state index contributed by atoms with van der Waals surface area (Å²) in [5.41, 5.74) is 0.354. The van der Waals surface area contributed by atoms with Gasteiger partial charge in [-0.2, -0.15) is 5.26 Å². The molecule has 52 valence electrons. The van der Waals surface area contributed by atoms with Gasteiger partial charge in [0.1, 0.15) is 18.7 Å². The van der Waals surface area contributed by atoms with Gasteiger partial charge in [-0.3, -0.25) is 4.99 Å². The molecule has 0 aromatic carbocycles. The molecule has 5 heteroatoms. The fourth-order valence-electron chi connectivity index (χ4n) is 0.904. The third-order valence-corrected chi connectivity index (χ3v) is 1.41. The third kappa shape index (κ3) is 0.765. The zero-order valence-corrected chi connectivity index (χ0v) is 5.47. The van der Waals surface area contributed by atoms with Crippen molar-refractivity contribution in [3.8, 4) is 6.07 Å². The lowest BCUT2D eigenvalue weighted by molar-refractivity contribution is 1.15. The Balaban J connectivity index is 2.45. The molecule has 0 bridgehead atoms. The number of aliphatic imine (C=N–C) groups is 4. The average Bonchev–Trinajstić information content (AvgIpc) is 2.50. The van der Waals surface area contributed by atoms with E-state index in [9.17, 15) is 0 Å². The summed E-state index contributed by atoms with van der Waals surface area (Å²) in [7, 11) is 0. The van der Waals surface area contributed by atoms with Crippen molar-refractivity contribution >= 4 is 24.2 Å². The average molecular weight is 145 g/mol. The first-order valence-electron chi connectivity index (χ1n) is 3.01. The smallest absolute Gasteiger partial charge is 0.163 e. The Labute approximate surface area is 62.5 Å². The molecule has 0 saturated carbocycles. The van der Waals surface area contributed by atoms with Crippen LogP contribution in [-0.4, -0.2) is 30.3 Å². The van der Waals surface area contributed by atoms with Gasteiger partial charge in [0.05, 0.1) is 0 Å². The van der Waals surface area contributed by atoms with Crippen LogP contribution < -0.4 is 0 Å². The topological polar surface area (TPSA) is 73.2 Å². The fraction of sp³-hybridized carbons (Fsp3) is 0.167. The van der Waals surface area contributed by atoms with E-state index in [0.717, 1.165) is 0 Å². The highest BCUT2D eigenvalue weighted by molar-refractivity contribution is 6.25. The van der Waals surface area contributed by atoms with Gasteiger partial charge in [-0.05, 0) is 0 Å².